The van der Waals surface area contributed by atoms with Crippen molar-refractivity contribution in [1.82, 2.24) is 9.55 Å². The number of nitrogens with zero attached hydrogens (tertiary/aromatic N) is 2. The number of halogens is 2. The van der Waals surface area contributed by atoms with E-state index in [1.54, 1.807) is 22.8 Å². The van der Waals surface area contributed by atoms with Crippen LogP contribution in [0.4, 0.5) is 8.78 Å². The molecule has 3 aromatic rings. The molecule has 0 aliphatic carbocycles. The minimum Gasteiger partial charge on any atom is -0.380 e. The zero-order valence-corrected chi connectivity index (χ0v) is 13.1. The Kier molecular flexibility index (Phi) is 4.66. The summed E-state index contributed by atoms with van der Waals surface area (Å²) < 4.78 is 34.5. The molecule has 0 aliphatic heterocycles. The minimum absolute atomic E-state index is 0.138. The van der Waals surface area contributed by atoms with E-state index in [2.05, 4.69) is 4.98 Å². The number of imidazole rings is 1. The molecule has 0 fully saturated rings. The van der Waals surface area contributed by atoms with Crippen molar-refractivity contribution in [1.29, 1.82) is 0 Å². The van der Waals surface area contributed by atoms with E-state index in [1.807, 2.05) is 6.92 Å². The van der Waals surface area contributed by atoms with Gasteiger partial charge in [0.1, 0.15) is 11.3 Å². The van der Waals surface area contributed by atoms with Crippen molar-refractivity contribution in [3.8, 4) is 11.1 Å². The van der Waals surface area contributed by atoms with Gasteiger partial charge in [-0.25, -0.2) is 13.8 Å². The first-order chi connectivity index (χ1) is 11.6. The van der Waals surface area contributed by atoms with E-state index in [1.165, 1.54) is 18.2 Å². The van der Waals surface area contributed by atoms with Gasteiger partial charge in [0, 0.05) is 13.2 Å². The largest absolute Gasteiger partial charge is 0.380 e. The minimum atomic E-state index is -0.523. The van der Waals surface area contributed by atoms with Crippen LogP contribution in [0.15, 0.2) is 36.4 Å². The number of hydrogen-bond donors (Lipinski definition) is 0. The van der Waals surface area contributed by atoms with Crippen molar-refractivity contribution in [2.24, 2.45) is 0 Å². The number of hydrogen-bond acceptors (Lipinski definition) is 3. The van der Waals surface area contributed by atoms with Gasteiger partial charge in [-0.15, -0.1) is 0 Å². The molecular weight excluding hydrogens is 314 g/mol. The van der Waals surface area contributed by atoms with Gasteiger partial charge in [-0.2, -0.15) is 0 Å². The smallest absolute Gasteiger partial charge is 0.185 e. The first kappa shape index (κ1) is 16.3. The molecule has 0 saturated heterocycles. The number of ether oxygens (including phenoxy) is 1. The first-order valence-electron chi connectivity index (χ1n) is 7.62. The second-order valence-electron chi connectivity index (χ2n) is 5.27. The number of aldehydes is 1. The summed E-state index contributed by atoms with van der Waals surface area (Å²) >= 11 is 0. The fraction of sp³-hybridized carbons (Fsp3) is 0.222. The van der Waals surface area contributed by atoms with Gasteiger partial charge >= 0.3 is 0 Å². The molecule has 0 spiro atoms. The van der Waals surface area contributed by atoms with Crippen LogP contribution in [0.2, 0.25) is 0 Å². The summed E-state index contributed by atoms with van der Waals surface area (Å²) in [6.07, 6.45) is 0.600. The second kappa shape index (κ2) is 6.88. The molecule has 3 rings (SSSR count). The van der Waals surface area contributed by atoms with Crippen LogP contribution in [0.25, 0.3) is 22.2 Å². The molecule has 0 saturated carbocycles. The average Bonchev–Trinajstić information content (AvgIpc) is 2.94. The molecule has 2 aromatic carbocycles. The van der Waals surface area contributed by atoms with Gasteiger partial charge < -0.3 is 9.30 Å². The average molecular weight is 330 g/mol. The van der Waals surface area contributed by atoms with Crippen LogP contribution in [0.5, 0.6) is 0 Å². The van der Waals surface area contributed by atoms with Gasteiger partial charge in [0.15, 0.2) is 17.9 Å². The summed E-state index contributed by atoms with van der Waals surface area (Å²) in [6, 6.07) is 8.89. The van der Waals surface area contributed by atoms with Crippen molar-refractivity contribution < 1.29 is 18.3 Å². The Morgan fingerprint density at radius 2 is 1.92 bits per heavy atom. The number of carbonyl (C=O) groups is 1. The van der Waals surface area contributed by atoms with Crippen LogP contribution < -0.4 is 0 Å². The lowest BCUT2D eigenvalue weighted by atomic mass is 10.0. The third-order valence-electron chi connectivity index (χ3n) is 3.78. The Morgan fingerprint density at radius 1 is 1.17 bits per heavy atom. The second-order valence-corrected chi connectivity index (χ2v) is 5.27. The summed E-state index contributed by atoms with van der Waals surface area (Å²) in [5, 5.41) is 0. The van der Waals surface area contributed by atoms with E-state index < -0.39 is 5.82 Å². The fourth-order valence-corrected chi connectivity index (χ4v) is 2.63. The van der Waals surface area contributed by atoms with Gasteiger partial charge in [-0.1, -0.05) is 12.1 Å². The van der Waals surface area contributed by atoms with Crippen LogP contribution in [0, 0.1) is 11.6 Å². The molecule has 24 heavy (non-hydrogen) atoms. The lowest BCUT2D eigenvalue weighted by molar-refractivity contribution is 0.110. The van der Waals surface area contributed by atoms with Gasteiger partial charge in [0.2, 0.25) is 0 Å². The van der Waals surface area contributed by atoms with E-state index in [0.717, 1.165) is 0 Å². The number of aromatic nitrogens is 2. The third-order valence-corrected chi connectivity index (χ3v) is 3.78. The predicted octanol–water partition coefficient (Wildman–Crippen LogP) is 3.83. The highest BCUT2D eigenvalue weighted by atomic mass is 19.1. The molecule has 0 amide bonds. The maximum atomic E-state index is 14.4. The fourth-order valence-electron chi connectivity index (χ4n) is 2.63. The van der Waals surface area contributed by atoms with Crippen molar-refractivity contribution >= 4 is 17.3 Å². The van der Waals surface area contributed by atoms with Crippen LogP contribution >= 0.6 is 0 Å². The molecule has 4 nitrogen and oxygen atoms in total. The summed E-state index contributed by atoms with van der Waals surface area (Å²) in [6.45, 7) is 3.22. The first-order valence-corrected chi connectivity index (χ1v) is 7.62. The van der Waals surface area contributed by atoms with Crippen molar-refractivity contribution in [2.45, 2.75) is 13.5 Å². The Hall–Kier alpha value is -2.60. The predicted molar refractivity (Wildman–Crippen MR) is 87.0 cm³/mol. The normalized spacial score (nSPS) is 11.1. The quantitative estimate of drug-likeness (QED) is 0.510. The van der Waals surface area contributed by atoms with Gasteiger partial charge in [0.05, 0.1) is 12.1 Å². The molecule has 0 unspecified atom stereocenters. The maximum absolute atomic E-state index is 14.4. The van der Waals surface area contributed by atoms with Crippen LogP contribution in [-0.4, -0.2) is 29.1 Å². The van der Waals surface area contributed by atoms with Crippen molar-refractivity contribution in [3.05, 3.63) is 53.9 Å². The Morgan fingerprint density at radius 3 is 2.58 bits per heavy atom. The number of rotatable bonds is 6. The molecule has 0 aliphatic rings. The van der Waals surface area contributed by atoms with Crippen molar-refractivity contribution in [2.75, 3.05) is 13.2 Å². The molecule has 1 aromatic heterocycles. The standard InChI is InChI=1S/C18H16F2N2O2/c1-2-24-8-7-22-16-10-13(12-3-5-14(19)6-4-12)9-15(20)18(16)21-17(22)11-23/h3-6,9-11H,2,7-8H2,1H3. The van der Waals surface area contributed by atoms with E-state index in [0.29, 0.717) is 42.7 Å². The maximum Gasteiger partial charge on any atom is 0.185 e. The topological polar surface area (TPSA) is 44.1 Å². The monoisotopic (exact) mass is 330 g/mol. The highest BCUT2D eigenvalue weighted by Gasteiger charge is 2.15. The highest BCUT2D eigenvalue weighted by Crippen LogP contribution is 2.27. The molecule has 0 atom stereocenters. The molecular formula is C18H16F2N2O2. The Balaban J connectivity index is 2.12. The molecule has 0 N–H and O–H groups in total. The lowest BCUT2D eigenvalue weighted by Crippen LogP contribution is -2.09. The number of fused-ring (bicyclic) bond motifs is 1. The van der Waals surface area contributed by atoms with Gasteiger partial charge in [-0.05, 0) is 42.3 Å². The summed E-state index contributed by atoms with van der Waals surface area (Å²) in [5.41, 5.74) is 1.92. The lowest BCUT2D eigenvalue weighted by Gasteiger charge is -2.08. The van der Waals surface area contributed by atoms with Gasteiger partial charge in [-0.3, -0.25) is 4.79 Å². The summed E-state index contributed by atoms with van der Waals surface area (Å²) in [4.78, 5) is 15.3. The van der Waals surface area contributed by atoms with Gasteiger partial charge in [0.25, 0.3) is 0 Å². The zero-order chi connectivity index (χ0) is 17.1. The summed E-state index contributed by atoms with van der Waals surface area (Å²) in [5.74, 6) is -0.727. The Bertz CT molecular complexity index is 873. The van der Waals surface area contributed by atoms with E-state index in [9.17, 15) is 13.6 Å². The molecule has 6 heteroatoms. The van der Waals surface area contributed by atoms with Crippen molar-refractivity contribution in [3.63, 3.8) is 0 Å². The molecule has 0 radical (unpaired) electrons. The van der Waals surface area contributed by atoms with E-state index in [-0.39, 0.29) is 17.2 Å². The highest BCUT2D eigenvalue weighted by molar-refractivity contribution is 5.87. The molecule has 124 valence electrons. The molecule has 1 heterocycles. The number of carbonyl (C=O) groups excluding carboxylic acids is 1. The number of benzene rings is 2. The van der Waals surface area contributed by atoms with E-state index >= 15 is 0 Å². The van der Waals surface area contributed by atoms with Crippen LogP contribution in [0.3, 0.4) is 0 Å². The van der Waals surface area contributed by atoms with Crippen LogP contribution in [0.1, 0.15) is 17.5 Å². The Labute approximate surface area is 137 Å². The summed E-state index contributed by atoms with van der Waals surface area (Å²) in [7, 11) is 0. The van der Waals surface area contributed by atoms with Crippen LogP contribution in [-0.2, 0) is 11.3 Å². The molecule has 0 bridgehead atoms. The zero-order valence-electron chi connectivity index (χ0n) is 13.1. The SMILES string of the molecule is CCOCCn1c(C=O)nc2c(F)cc(-c3ccc(F)cc3)cc21. The third kappa shape index (κ3) is 3.05. The van der Waals surface area contributed by atoms with E-state index in [4.69, 9.17) is 4.74 Å².